The Labute approximate surface area is 95.1 Å². The van der Waals surface area contributed by atoms with Crippen LogP contribution in [0.3, 0.4) is 0 Å². The van der Waals surface area contributed by atoms with E-state index in [2.05, 4.69) is 41.1 Å². The van der Waals surface area contributed by atoms with Crippen LogP contribution in [0.5, 0.6) is 0 Å². The van der Waals surface area contributed by atoms with Crippen molar-refractivity contribution in [2.24, 2.45) is 7.05 Å². The Morgan fingerprint density at radius 3 is 2.75 bits per heavy atom. The van der Waals surface area contributed by atoms with E-state index < -0.39 is 0 Å². The van der Waals surface area contributed by atoms with Gasteiger partial charge in [0.2, 0.25) is 0 Å². The standard InChI is InChI=1S/C14H14N2/c1-16-8-5-11-3-4-12(9-13(11)16)14(10-15)6-2-7-14/h3-5,8-9H,2,6-7H2,1H3. The molecule has 1 fully saturated rings. The van der Waals surface area contributed by atoms with Gasteiger partial charge in [-0.25, -0.2) is 0 Å². The molecule has 2 aromatic rings. The molecule has 1 heterocycles. The Morgan fingerprint density at radius 2 is 2.12 bits per heavy atom. The van der Waals surface area contributed by atoms with E-state index in [0.717, 1.165) is 12.8 Å². The Kier molecular flexibility index (Phi) is 1.85. The van der Waals surface area contributed by atoms with Gasteiger partial charge in [0.1, 0.15) is 0 Å². The molecule has 2 heteroatoms. The minimum absolute atomic E-state index is 0.196. The fourth-order valence-corrected chi connectivity index (χ4v) is 2.56. The largest absolute Gasteiger partial charge is 0.351 e. The molecule has 0 aliphatic heterocycles. The number of fused-ring (bicyclic) bond motifs is 1. The highest BCUT2D eigenvalue weighted by atomic mass is 14.9. The van der Waals surface area contributed by atoms with E-state index in [9.17, 15) is 5.26 Å². The van der Waals surface area contributed by atoms with Gasteiger partial charge in [0, 0.05) is 18.8 Å². The van der Waals surface area contributed by atoms with Crippen LogP contribution in [0, 0.1) is 11.3 Å². The third-order valence-electron chi connectivity index (χ3n) is 3.86. The summed E-state index contributed by atoms with van der Waals surface area (Å²) in [5, 5.41) is 10.6. The van der Waals surface area contributed by atoms with Crippen LogP contribution in [0.25, 0.3) is 10.9 Å². The molecular formula is C14H14N2. The first-order valence-corrected chi connectivity index (χ1v) is 5.72. The molecule has 1 aromatic carbocycles. The number of nitriles is 1. The lowest BCUT2D eigenvalue weighted by atomic mass is 9.65. The van der Waals surface area contributed by atoms with E-state index in [1.807, 2.05) is 7.05 Å². The van der Waals surface area contributed by atoms with Crippen molar-refractivity contribution >= 4 is 10.9 Å². The van der Waals surface area contributed by atoms with Crippen LogP contribution in [0.15, 0.2) is 30.5 Å². The predicted molar refractivity (Wildman–Crippen MR) is 64.1 cm³/mol. The summed E-state index contributed by atoms with van der Waals surface area (Å²) in [6.45, 7) is 0. The summed E-state index contributed by atoms with van der Waals surface area (Å²) in [6, 6.07) is 11.0. The zero-order valence-electron chi connectivity index (χ0n) is 9.40. The van der Waals surface area contributed by atoms with Gasteiger partial charge in [0.25, 0.3) is 0 Å². The average Bonchev–Trinajstić information content (AvgIpc) is 2.60. The van der Waals surface area contributed by atoms with Crippen molar-refractivity contribution in [2.45, 2.75) is 24.7 Å². The van der Waals surface area contributed by atoms with Crippen LogP contribution in [0.2, 0.25) is 0 Å². The molecule has 2 nitrogen and oxygen atoms in total. The van der Waals surface area contributed by atoms with Gasteiger partial charge in [-0.1, -0.05) is 12.1 Å². The summed E-state index contributed by atoms with van der Waals surface area (Å²) in [6.07, 6.45) is 5.27. The quantitative estimate of drug-likeness (QED) is 0.711. The van der Waals surface area contributed by atoms with Crippen LogP contribution >= 0.6 is 0 Å². The topological polar surface area (TPSA) is 28.7 Å². The lowest BCUT2D eigenvalue weighted by molar-refractivity contribution is 0.324. The minimum atomic E-state index is -0.196. The molecule has 0 atom stereocenters. The van der Waals surface area contributed by atoms with E-state index in [-0.39, 0.29) is 5.41 Å². The first kappa shape index (κ1) is 9.47. The number of hydrogen-bond donors (Lipinski definition) is 0. The third kappa shape index (κ3) is 1.12. The molecule has 1 aliphatic carbocycles. The van der Waals surface area contributed by atoms with E-state index in [0.29, 0.717) is 0 Å². The number of benzene rings is 1. The van der Waals surface area contributed by atoms with Gasteiger partial charge in [0.15, 0.2) is 0 Å². The van der Waals surface area contributed by atoms with Gasteiger partial charge in [0.05, 0.1) is 11.5 Å². The van der Waals surface area contributed by atoms with Gasteiger partial charge in [-0.3, -0.25) is 0 Å². The molecule has 80 valence electrons. The normalized spacial score (nSPS) is 18.0. The molecule has 0 unspecified atom stereocenters. The van der Waals surface area contributed by atoms with Crippen molar-refractivity contribution in [3.05, 3.63) is 36.0 Å². The molecule has 0 spiro atoms. The molecule has 0 bridgehead atoms. The van der Waals surface area contributed by atoms with Crippen molar-refractivity contribution in [1.29, 1.82) is 5.26 Å². The number of aryl methyl sites for hydroxylation is 1. The fraction of sp³-hybridized carbons (Fsp3) is 0.357. The Bertz CT molecular complexity index is 582. The molecule has 0 amide bonds. The van der Waals surface area contributed by atoms with Crippen molar-refractivity contribution in [3.8, 4) is 6.07 Å². The van der Waals surface area contributed by atoms with E-state index in [4.69, 9.17) is 0 Å². The van der Waals surface area contributed by atoms with Crippen molar-refractivity contribution in [2.75, 3.05) is 0 Å². The molecule has 0 saturated heterocycles. The van der Waals surface area contributed by atoms with Crippen molar-refractivity contribution < 1.29 is 0 Å². The summed E-state index contributed by atoms with van der Waals surface area (Å²) in [4.78, 5) is 0. The molecular weight excluding hydrogens is 196 g/mol. The summed E-state index contributed by atoms with van der Waals surface area (Å²) in [5.74, 6) is 0. The second-order valence-electron chi connectivity index (χ2n) is 4.75. The highest BCUT2D eigenvalue weighted by Gasteiger charge is 2.39. The molecule has 3 rings (SSSR count). The second-order valence-corrected chi connectivity index (χ2v) is 4.75. The van der Waals surface area contributed by atoms with Crippen LogP contribution in [-0.4, -0.2) is 4.57 Å². The molecule has 0 N–H and O–H groups in total. The van der Waals surface area contributed by atoms with Crippen LogP contribution in [0.4, 0.5) is 0 Å². The highest BCUT2D eigenvalue weighted by Crippen LogP contribution is 2.43. The van der Waals surface area contributed by atoms with Crippen LogP contribution in [0.1, 0.15) is 24.8 Å². The lowest BCUT2D eigenvalue weighted by Gasteiger charge is -2.35. The maximum absolute atomic E-state index is 9.33. The molecule has 1 aromatic heterocycles. The van der Waals surface area contributed by atoms with Gasteiger partial charge in [-0.05, 0) is 42.3 Å². The molecule has 1 saturated carbocycles. The number of rotatable bonds is 1. The zero-order chi connectivity index (χ0) is 11.2. The minimum Gasteiger partial charge on any atom is -0.351 e. The Balaban J connectivity index is 2.18. The van der Waals surface area contributed by atoms with E-state index >= 15 is 0 Å². The van der Waals surface area contributed by atoms with Crippen molar-refractivity contribution in [1.82, 2.24) is 4.57 Å². The van der Waals surface area contributed by atoms with E-state index in [1.165, 1.54) is 22.9 Å². The second kappa shape index (κ2) is 3.12. The van der Waals surface area contributed by atoms with Crippen LogP contribution in [-0.2, 0) is 12.5 Å². The summed E-state index contributed by atoms with van der Waals surface area (Å²) < 4.78 is 2.11. The van der Waals surface area contributed by atoms with Crippen LogP contribution < -0.4 is 0 Å². The highest BCUT2D eigenvalue weighted by molar-refractivity contribution is 5.81. The smallest absolute Gasteiger partial charge is 0.0823 e. The lowest BCUT2D eigenvalue weighted by Crippen LogP contribution is -2.32. The SMILES string of the molecule is Cn1ccc2ccc(C3(C#N)CCC3)cc21. The Morgan fingerprint density at radius 1 is 1.31 bits per heavy atom. The monoisotopic (exact) mass is 210 g/mol. The number of aromatic nitrogens is 1. The predicted octanol–water partition coefficient (Wildman–Crippen LogP) is 3.12. The summed E-state index contributed by atoms with van der Waals surface area (Å²) >= 11 is 0. The maximum Gasteiger partial charge on any atom is 0.0823 e. The maximum atomic E-state index is 9.33. The summed E-state index contributed by atoms with van der Waals surface area (Å²) in [7, 11) is 2.05. The average molecular weight is 210 g/mol. The number of hydrogen-bond acceptors (Lipinski definition) is 1. The third-order valence-corrected chi connectivity index (χ3v) is 3.86. The first-order chi connectivity index (χ1) is 7.75. The molecule has 16 heavy (non-hydrogen) atoms. The van der Waals surface area contributed by atoms with Crippen molar-refractivity contribution in [3.63, 3.8) is 0 Å². The summed E-state index contributed by atoms with van der Waals surface area (Å²) in [5.41, 5.74) is 2.22. The van der Waals surface area contributed by atoms with Gasteiger partial charge in [-0.2, -0.15) is 5.26 Å². The fourth-order valence-electron chi connectivity index (χ4n) is 2.56. The van der Waals surface area contributed by atoms with Gasteiger partial charge >= 0.3 is 0 Å². The zero-order valence-corrected chi connectivity index (χ0v) is 9.40. The number of nitrogens with zero attached hydrogens (tertiary/aromatic N) is 2. The van der Waals surface area contributed by atoms with Gasteiger partial charge in [-0.15, -0.1) is 0 Å². The molecule has 0 radical (unpaired) electrons. The Hall–Kier alpha value is -1.75. The van der Waals surface area contributed by atoms with Gasteiger partial charge < -0.3 is 4.57 Å². The van der Waals surface area contributed by atoms with E-state index in [1.54, 1.807) is 0 Å². The first-order valence-electron chi connectivity index (χ1n) is 5.72. The molecule has 1 aliphatic rings.